The molecule has 0 bridgehead atoms. The lowest BCUT2D eigenvalue weighted by Gasteiger charge is -2.10. The minimum absolute atomic E-state index is 0.187. The van der Waals surface area contributed by atoms with Crippen molar-refractivity contribution in [2.75, 3.05) is 7.11 Å². The summed E-state index contributed by atoms with van der Waals surface area (Å²) in [7, 11) is 1.59. The van der Waals surface area contributed by atoms with Gasteiger partial charge in [0, 0.05) is 23.4 Å². The molecule has 0 aliphatic heterocycles. The highest BCUT2D eigenvalue weighted by Crippen LogP contribution is 2.29. The summed E-state index contributed by atoms with van der Waals surface area (Å²) in [6.07, 6.45) is 5.84. The smallest absolute Gasteiger partial charge is 0.267 e. The highest BCUT2D eigenvalue weighted by Gasteiger charge is 2.25. The van der Waals surface area contributed by atoms with Gasteiger partial charge in [-0.1, -0.05) is 18.0 Å². The molecule has 3 aromatic rings. The van der Waals surface area contributed by atoms with Crippen LogP contribution in [0.15, 0.2) is 41.1 Å². The third kappa shape index (κ3) is 3.81. The van der Waals surface area contributed by atoms with Gasteiger partial charge >= 0.3 is 0 Å². The van der Waals surface area contributed by atoms with E-state index in [1.807, 2.05) is 12.1 Å². The van der Waals surface area contributed by atoms with Gasteiger partial charge in [0.2, 0.25) is 0 Å². The molecule has 7 heteroatoms. The van der Waals surface area contributed by atoms with Crippen LogP contribution in [-0.4, -0.2) is 35.0 Å². The number of ketones is 1. The number of amides is 1. The van der Waals surface area contributed by atoms with Crippen molar-refractivity contribution in [3.05, 3.63) is 59.1 Å². The van der Waals surface area contributed by atoms with Crippen LogP contribution in [0.4, 0.5) is 0 Å². The van der Waals surface area contributed by atoms with Gasteiger partial charge in [-0.3, -0.25) is 9.59 Å². The van der Waals surface area contributed by atoms with Gasteiger partial charge in [-0.15, -0.1) is 0 Å². The van der Waals surface area contributed by atoms with E-state index in [1.54, 1.807) is 38.4 Å². The summed E-state index contributed by atoms with van der Waals surface area (Å²) in [6, 6.07) is 9.04. The van der Waals surface area contributed by atoms with Gasteiger partial charge in [-0.2, -0.15) is 0 Å². The minimum atomic E-state index is -0.245. The molecule has 2 aromatic heterocycles. The van der Waals surface area contributed by atoms with Gasteiger partial charge in [0.15, 0.2) is 5.78 Å². The second kappa shape index (κ2) is 7.95. The molecular formula is C22H23N3O4. The number of H-pyrrole nitrogens is 1. The quantitative estimate of drug-likeness (QED) is 0.619. The van der Waals surface area contributed by atoms with Gasteiger partial charge in [-0.05, 0) is 50.1 Å². The van der Waals surface area contributed by atoms with Gasteiger partial charge in [0.25, 0.3) is 5.91 Å². The number of hydrogen-bond acceptors (Lipinski definition) is 5. The maximum Gasteiger partial charge on any atom is 0.267 e. The number of nitrogens with one attached hydrogen (secondary N) is 2. The summed E-state index contributed by atoms with van der Waals surface area (Å²) in [5.41, 5.74) is 2.37. The summed E-state index contributed by atoms with van der Waals surface area (Å²) in [5.74, 6) is 0.712. The Labute approximate surface area is 168 Å². The van der Waals surface area contributed by atoms with Crippen molar-refractivity contribution in [1.82, 2.24) is 15.5 Å². The monoisotopic (exact) mass is 393 g/mol. The van der Waals surface area contributed by atoms with Gasteiger partial charge in [0.1, 0.15) is 22.9 Å². The lowest BCUT2D eigenvalue weighted by molar-refractivity contribution is 0.0933. The summed E-state index contributed by atoms with van der Waals surface area (Å²) >= 11 is 0. The molecule has 1 amide bonds. The average molecular weight is 393 g/mol. The third-order valence-corrected chi connectivity index (χ3v) is 5.33. The molecule has 2 N–H and O–H groups in total. The van der Waals surface area contributed by atoms with E-state index in [9.17, 15) is 9.59 Å². The summed E-state index contributed by atoms with van der Waals surface area (Å²) < 4.78 is 10.5. The van der Waals surface area contributed by atoms with Crippen molar-refractivity contribution in [3.8, 4) is 17.0 Å². The van der Waals surface area contributed by atoms with E-state index < -0.39 is 0 Å². The van der Waals surface area contributed by atoms with Gasteiger partial charge in [0.05, 0.1) is 12.7 Å². The molecule has 1 aliphatic rings. The van der Waals surface area contributed by atoms with E-state index in [-0.39, 0.29) is 17.7 Å². The normalized spacial score (nSPS) is 14.1. The second-order valence-corrected chi connectivity index (χ2v) is 7.28. The van der Waals surface area contributed by atoms with E-state index >= 15 is 0 Å². The molecule has 1 fully saturated rings. The lowest BCUT2D eigenvalue weighted by Crippen LogP contribution is -2.32. The second-order valence-electron chi connectivity index (χ2n) is 7.28. The number of ether oxygens (including phenoxy) is 1. The number of rotatable bonds is 6. The summed E-state index contributed by atoms with van der Waals surface area (Å²) in [6.45, 7) is 1.70. The van der Waals surface area contributed by atoms with Crippen LogP contribution < -0.4 is 10.1 Å². The number of carbonyl (C=O) groups is 2. The van der Waals surface area contributed by atoms with Crippen molar-refractivity contribution in [2.24, 2.45) is 0 Å². The van der Waals surface area contributed by atoms with Gasteiger partial charge in [-0.25, -0.2) is 0 Å². The van der Waals surface area contributed by atoms with E-state index in [4.69, 9.17) is 9.26 Å². The molecule has 0 saturated heterocycles. The number of aromatic nitrogens is 2. The highest BCUT2D eigenvalue weighted by atomic mass is 16.5. The molecule has 1 aromatic carbocycles. The van der Waals surface area contributed by atoms with Crippen molar-refractivity contribution in [3.63, 3.8) is 0 Å². The van der Waals surface area contributed by atoms with Gasteiger partial charge < -0.3 is 19.6 Å². The van der Waals surface area contributed by atoms with E-state index in [1.165, 1.54) is 0 Å². The lowest BCUT2D eigenvalue weighted by atomic mass is 9.99. The maximum atomic E-state index is 13.1. The summed E-state index contributed by atoms with van der Waals surface area (Å²) in [5, 5.41) is 7.09. The molecule has 0 unspecified atom stereocenters. The zero-order chi connectivity index (χ0) is 20.4. The first-order valence-corrected chi connectivity index (χ1v) is 9.71. The fourth-order valence-electron chi connectivity index (χ4n) is 3.72. The Morgan fingerprint density at radius 2 is 1.93 bits per heavy atom. The minimum Gasteiger partial charge on any atom is -0.497 e. The average Bonchev–Trinajstić information content (AvgIpc) is 3.48. The Hall–Kier alpha value is -3.35. The molecule has 150 valence electrons. The first-order chi connectivity index (χ1) is 14.1. The number of methoxy groups -OCH3 is 1. The van der Waals surface area contributed by atoms with E-state index in [2.05, 4.69) is 15.5 Å². The Bertz CT molecular complexity index is 1030. The predicted molar refractivity (Wildman–Crippen MR) is 107 cm³/mol. The number of carbonyl (C=O) groups excluding carboxylic acids is 2. The standard InChI is InChI=1S/C22H23N3O4/c1-13-19(20(25-29-13)14-7-9-17(28-2)10-8-14)21(26)15-11-18(23-12-15)22(27)24-16-5-3-4-6-16/h7-12,16,23H,3-6H2,1-2H3,(H,24,27). The van der Waals surface area contributed by atoms with Crippen LogP contribution in [0.1, 0.15) is 57.9 Å². The molecule has 0 spiro atoms. The Balaban J connectivity index is 1.58. The van der Waals surface area contributed by atoms with Crippen LogP contribution in [0.25, 0.3) is 11.3 Å². The highest BCUT2D eigenvalue weighted by molar-refractivity contribution is 6.13. The number of aromatic amines is 1. The molecule has 4 rings (SSSR count). The van der Waals surface area contributed by atoms with Crippen molar-refractivity contribution in [1.29, 1.82) is 0 Å². The Kier molecular flexibility index (Phi) is 5.20. The van der Waals surface area contributed by atoms with Crippen LogP contribution in [-0.2, 0) is 0 Å². The molecule has 1 saturated carbocycles. The molecule has 29 heavy (non-hydrogen) atoms. The fraction of sp³-hybridized carbons (Fsp3) is 0.318. The number of aryl methyl sites for hydroxylation is 1. The van der Waals surface area contributed by atoms with Crippen LogP contribution in [0.2, 0.25) is 0 Å². The Morgan fingerprint density at radius 3 is 2.62 bits per heavy atom. The summed E-state index contributed by atoms with van der Waals surface area (Å²) in [4.78, 5) is 28.5. The number of benzene rings is 1. The molecule has 0 radical (unpaired) electrons. The SMILES string of the molecule is COc1ccc(-c2noc(C)c2C(=O)c2c[nH]c(C(=O)NC3CCCC3)c2)cc1. The molecule has 7 nitrogen and oxygen atoms in total. The first-order valence-electron chi connectivity index (χ1n) is 9.71. The largest absolute Gasteiger partial charge is 0.497 e. The zero-order valence-electron chi connectivity index (χ0n) is 16.5. The topological polar surface area (TPSA) is 97.2 Å². The first kappa shape index (κ1) is 19.0. The molecule has 2 heterocycles. The van der Waals surface area contributed by atoms with E-state index in [0.717, 1.165) is 31.2 Å². The van der Waals surface area contributed by atoms with Crippen molar-refractivity contribution >= 4 is 11.7 Å². The fourth-order valence-corrected chi connectivity index (χ4v) is 3.72. The number of nitrogens with zero attached hydrogens (tertiary/aromatic N) is 1. The van der Waals surface area contributed by atoms with Crippen LogP contribution in [0.5, 0.6) is 5.75 Å². The predicted octanol–water partition coefficient (Wildman–Crippen LogP) is 3.89. The van der Waals surface area contributed by atoms with Crippen molar-refractivity contribution in [2.45, 2.75) is 38.6 Å². The van der Waals surface area contributed by atoms with Crippen LogP contribution in [0.3, 0.4) is 0 Å². The Morgan fingerprint density at radius 1 is 1.21 bits per heavy atom. The third-order valence-electron chi connectivity index (χ3n) is 5.33. The van der Waals surface area contributed by atoms with Crippen LogP contribution in [0, 0.1) is 6.92 Å². The molecular weight excluding hydrogens is 370 g/mol. The van der Waals surface area contributed by atoms with E-state index in [0.29, 0.717) is 34.0 Å². The molecule has 0 atom stereocenters. The zero-order valence-corrected chi connectivity index (χ0v) is 16.5. The van der Waals surface area contributed by atoms with Crippen molar-refractivity contribution < 1.29 is 18.8 Å². The van der Waals surface area contributed by atoms with Crippen LogP contribution >= 0.6 is 0 Å². The molecule has 1 aliphatic carbocycles. The maximum absolute atomic E-state index is 13.1. The number of hydrogen-bond donors (Lipinski definition) is 2.